The van der Waals surface area contributed by atoms with E-state index < -0.39 is 11.8 Å². The zero-order valence-electron chi connectivity index (χ0n) is 18.5. The van der Waals surface area contributed by atoms with Gasteiger partial charge in [0, 0.05) is 24.1 Å². The molecule has 1 N–H and O–H groups in total. The molecule has 0 atom stereocenters. The van der Waals surface area contributed by atoms with Crippen LogP contribution in [0, 0.1) is 0 Å². The lowest BCUT2D eigenvalue weighted by molar-refractivity contribution is -0.137. The van der Waals surface area contributed by atoms with E-state index in [-0.39, 0.29) is 24.6 Å². The highest BCUT2D eigenvalue weighted by Gasteiger charge is 2.39. The third kappa shape index (κ3) is 3.77. The van der Waals surface area contributed by atoms with Gasteiger partial charge in [-0.3, -0.25) is 19.5 Å². The Balaban J connectivity index is 1.56. The van der Waals surface area contributed by atoms with Gasteiger partial charge in [-0.25, -0.2) is 0 Å². The van der Waals surface area contributed by atoms with Gasteiger partial charge in [0.25, 0.3) is 11.8 Å². The smallest absolute Gasteiger partial charge is 0.278 e. The van der Waals surface area contributed by atoms with Crippen molar-refractivity contribution in [3.63, 3.8) is 0 Å². The Labute approximate surface area is 195 Å². The third-order valence-corrected chi connectivity index (χ3v) is 5.55. The number of amides is 2. The van der Waals surface area contributed by atoms with Crippen LogP contribution >= 0.6 is 0 Å². The van der Waals surface area contributed by atoms with Crippen molar-refractivity contribution >= 4 is 23.1 Å². The van der Waals surface area contributed by atoms with Gasteiger partial charge in [0.2, 0.25) is 6.79 Å². The molecule has 2 aliphatic heterocycles. The predicted molar refractivity (Wildman–Crippen MR) is 122 cm³/mol. The Hall–Kier alpha value is -4.53. The second-order valence-corrected chi connectivity index (χ2v) is 7.57. The fourth-order valence-electron chi connectivity index (χ4n) is 3.89. The molecule has 9 heteroatoms. The number of methoxy groups -OCH3 is 2. The van der Waals surface area contributed by atoms with Crippen molar-refractivity contribution in [1.29, 1.82) is 0 Å². The number of nitrogens with zero attached hydrogens (tertiary/aromatic N) is 2. The van der Waals surface area contributed by atoms with Crippen molar-refractivity contribution in [1.82, 2.24) is 9.88 Å². The van der Waals surface area contributed by atoms with Crippen molar-refractivity contribution in [2.75, 3.05) is 26.3 Å². The molecule has 0 fully saturated rings. The summed E-state index contributed by atoms with van der Waals surface area (Å²) in [5.74, 6) is 1.26. The van der Waals surface area contributed by atoms with Gasteiger partial charge in [0.1, 0.15) is 5.70 Å². The van der Waals surface area contributed by atoms with Crippen LogP contribution in [-0.2, 0) is 16.1 Å². The average molecular weight is 459 g/mol. The van der Waals surface area contributed by atoms with Crippen LogP contribution in [0.1, 0.15) is 11.1 Å². The average Bonchev–Trinajstić information content (AvgIpc) is 3.42. The van der Waals surface area contributed by atoms with Crippen LogP contribution < -0.4 is 24.3 Å². The Morgan fingerprint density at radius 2 is 1.79 bits per heavy atom. The highest BCUT2D eigenvalue weighted by Crippen LogP contribution is 2.38. The first-order valence-corrected chi connectivity index (χ1v) is 10.5. The first kappa shape index (κ1) is 21.3. The maximum absolute atomic E-state index is 13.5. The van der Waals surface area contributed by atoms with E-state index in [4.69, 9.17) is 18.9 Å². The van der Waals surface area contributed by atoms with Crippen molar-refractivity contribution in [3.05, 3.63) is 77.7 Å². The number of carbonyl (C=O) groups is 2. The second kappa shape index (κ2) is 8.78. The molecule has 0 saturated carbocycles. The molecule has 3 heterocycles. The molecule has 0 radical (unpaired) electrons. The minimum absolute atomic E-state index is 0.0919. The van der Waals surface area contributed by atoms with E-state index in [1.165, 1.54) is 19.1 Å². The van der Waals surface area contributed by atoms with Gasteiger partial charge < -0.3 is 24.3 Å². The summed E-state index contributed by atoms with van der Waals surface area (Å²) in [6, 6.07) is 13.9. The highest BCUT2D eigenvalue weighted by molar-refractivity contribution is 6.36. The maximum atomic E-state index is 13.5. The van der Waals surface area contributed by atoms with E-state index in [0.717, 1.165) is 5.56 Å². The van der Waals surface area contributed by atoms with Gasteiger partial charge in [-0.2, -0.15) is 0 Å². The largest absolute Gasteiger partial charge is 0.493 e. The monoisotopic (exact) mass is 459 g/mol. The lowest BCUT2D eigenvalue weighted by Crippen LogP contribution is -2.32. The van der Waals surface area contributed by atoms with Gasteiger partial charge in [0.05, 0.1) is 26.3 Å². The van der Waals surface area contributed by atoms with Gasteiger partial charge >= 0.3 is 0 Å². The number of hydrogen-bond acceptors (Lipinski definition) is 8. The number of anilines is 1. The fourth-order valence-corrected chi connectivity index (χ4v) is 3.89. The molecule has 0 unspecified atom stereocenters. The van der Waals surface area contributed by atoms with E-state index in [9.17, 15) is 9.59 Å². The molecule has 0 saturated heterocycles. The van der Waals surface area contributed by atoms with Crippen molar-refractivity contribution in [3.8, 4) is 23.0 Å². The first-order chi connectivity index (χ1) is 16.6. The van der Waals surface area contributed by atoms with E-state index in [1.54, 1.807) is 54.9 Å². The first-order valence-electron chi connectivity index (χ1n) is 10.5. The quantitative estimate of drug-likeness (QED) is 0.538. The molecule has 0 spiro atoms. The van der Waals surface area contributed by atoms with E-state index in [1.807, 2.05) is 6.07 Å². The maximum Gasteiger partial charge on any atom is 0.278 e. The van der Waals surface area contributed by atoms with E-state index in [2.05, 4.69) is 10.3 Å². The Morgan fingerprint density at radius 1 is 0.971 bits per heavy atom. The number of fused-ring (bicyclic) bond motifs is 1. The SMILES string of the molecule is COc1ccc(C2=C(Nc3ccc4c(c3)OCO4)C(=O)N(Cc3cccnc3)C2=O)cc1OC. The molecule has 2 amide bonds. The van der Waals surface area contributed by atoms with Crippen LogP contribution in [0.2, 0.25) is 0 Å². The number of hydrogen-bond donors (Lipinski definition) is 1. The number of benzene rings is 2. The minimum Gasteiger partial charge on any atom is -0.493 e. The molecule has 2 aromatic carbocycles. The summed E-state index contributed by atoms with van der Waals surface area (Å²) in [6.07, 6.45) is 3.26. The number of nitrogens with one attached hydrogen (secondary N) is 1. The summed E-state index contributed by atoms with van der Waals surface area (Å²) in [5.41, 5.74) is 2.22. The highest BCUT2D eigenvalue weighted by atomic mass is 16.7. The molecule has 1 aromatic heterocycles. The van der Waals surface area contributed by atoms with Gasteiger partial charge in [-0.15, -0.1) is 0 Å². The number of imide groups is 1. The standard InChI is InChI=1S/C25H21N3O6/c1-31-18-7-5-16(10-20(18)32-2)22-23(27-17-6-8-19-21(11-17)34-14-33-19)25(30)28(24(22)29)13-15-4-3-9-26-12-15/h3-12,27H,13-14H2,1-2H3. The summed E-state index contributed by atoms with van der Waals surface area (Å²) in [4.78, 5) is 32.3. The second-order valence-electron chi connectivity index (χ2n) is 7.57. The summed E-state index contributed by atoms with van der Waals surface area (Å²) in [6.45, 7) is 0.225. The molecule has 172 valence electrons. The van der Waals surface area contributed by atoms with Crippen molar-refractivity contribution < 1.29 is 28.5 Å². The summed E-state index contributed by atoms with van der Waals surface area (Å²) in [7, 11) is 3.04. The molecule has 9 nitrogen and oxygen atoms in total. The van der Waals surface area contributed by atoms with Gasteiger partial charge in [-0.1, -0.05) is 12.1 Å². The summed E-state index contributed by atoms with van der Waals surface area (Å²) in [5, 5.41) is 3.13. The lowest BCUT2D eigenvalue weighted by Gasteiger charge is -2.15. The fraction of sp³-hybridized carbons (Fsp3) is 0.160. The van der Waals surface area contributed by atoms with Crippen LogP contribution in [0.4, 0.5) is 5.69 Å². The minimum atomic E-state index is -0.448. The van der Waals surface area contributed by atoms with Gasteiger partial charge in [0.15, 0.2) is 23.0 Å². The molecule has 0 aliphatic carbocycles. The van der Waals surface area contributed by atoms with Gasteiger partial charge in [-0.05, 0) is 41.5 Å². The molecular formula is C25H21N3O6. The van der Waals surface area contributed by atoms with Crippen LogP contribution in [0.3, 0.4) is 0 Å². The van der Waals surface area contributed by atoms with Crippen molar-refractivity contribution in [2.45, 2.75) is 6.54 Å². The lowest BCUT2D eigenvalue weighted by atomic mass is 10.0. The summed E-state index contributed by atoms with van der Waals surface area (Å²) >= 11 is 0. The van der Waals surface area contributed by atoms with Crippen LogP contribution in [0.5, 0.6) is 23.0 Å². The number of rotatable bonds is 7. The summed E-state index contributed by atoms with van der Waals surface area (Å²) < 4.78 is 21.5. The number of aromatic nitrogens is 1. The predicted octanol–water partition coefficient (Wildman–Crippen LogP) is 3.22. The van der Waals surface area contributed by atoms with Crippen LogP contribution in [-0.4, -0.2) is 42.7 Å². The van der Waals surface area contributed by atoms with Crippen molar-refractivity contribution in [2.24, 2.45) is 0 Å². The molecule has 5 rings (SSSR count). The number of ether oxygens (including phenoxy) is 4. The zero-order chi connectivity index (χ0) is 23.7. The molecule has 3 aromatic rings. The Morgan fingerprint density at radius 3 is 2.56 bits per heavy atom. The Bertz CT molecular complexity index is 1310. The molecule has 0 bridgehead atoms. The topological polar surface area (TPSA) is 99.2 Å². The Kier molecular flexibility index (Phi) is 5.51. The van der Waals surface area contributed by atoms with Crippen LogP contribution in [0.15, 0.2) is 66.6 Å². The van der Waals surface area contributed by atoms with Crippen LogP contribution in [0.25, 0.3) is 5.57 Å². The third-order valence-electron chi connectivity index (χ3n) is 5.55. The molecule has 2 aliphatic rings. The normalized spacial score (nSPS) is 14.6. The molecular weight excluding hydrogens is 438 g/mol. The zero-order valence-corrected chi connectivity index (χ0v) is 18.5. The number of carbonyl (C=O) groups excluding carboxylic acids is 2. The molecule has 34 heavy (non-hydrogen) atoms. The van der Waals surface area contributed by atoms with E-state index >= 15 is 0 Å². The van der Waals surface area contributed by atoms with E-state index in [0.29, 0.717) is 34.2 Å². The number of pyridine rings is 1.